The quantitative estimate of drug-likeness (QED) is 0.550. The van der Waals surface area contributed by atoms with Gasteiger partial charge >= 0.3 is 0 Å². The first-order valence-corrected chi connectivity index (χ1v) is 12.4. The topological polar surface area (TPSA) is 49.4 Å². The molecule has 0 radical (unpaired) electrons. The Morgan fingerprint density at radius 1 is 1.13 bits per heavy atom. The van der Waals surface area contributed by atoms with Crippen LogP contribution in [-0.4, -0.2) is 34.6 Å². The molecule has 0 saturated heterocycles. The monoisotopic (exact) mass is 458 g/mol. The summed E-state index contributed by atoms with van der Waals surface area (Å²) in [4.78, 5) is 27.8. The minimum Gasteiger partial charge on any atom is -0.352 e. The molecule has 1 fully saturated rings. The van der Waals surface area contributed by atoms with Crippen LogP contribution in [0.1, 0.15) is 49.3 Å². The van der Waals surface area contributed by atoms with Gasteiger partial charge in [-0.05, 0) is 49.9 Å². The molecule has 1 aliphatic rings. The van der Waals surface area contributed by atoms with E-state index >= 15 is 0 Å². The van der Waals surface area contributed by atoms with Crippen molar-refractivity contribution in [2.45, 2.75) is 63.9 Å². The lowest BCUT2D eigenvalue weighted by atomic mass is 10.1. The lowest BCUT2D eigenvalue weighted by molar-refractivity contribution is -0.138. The van der Waals surface area contributed by atoms with E-state index in [1.165, 1.54) is 0 Å². The fourth-order valence-electron chi connectivity index (χ4n) is 3.95. The SMILES string of the molecule is Cc1cccc(CN(C(=O)CSCc2cccc(Cl)c2)[C@H](C)C(=O)NC2CCCC2)c1. The molecule has 0 heterocycles. The van der Waals surface area contributed by atoms with Crippen molar-refractivity contribution in [2.24, 2.45) is 0 Å². The van der Waals surface area contributed by atoms with E-state index in [9.17, 15) is 9.59 Å². The highest BCUT2D eigenvalue weighted by molar-refractivity contribution is 7.99. The van der Waals surface area contributed by atoms with Gasteiger partial charge in [0.2, 0.25) is 11.8 Å². The zero-order valence-electron chi connectivity index (χ0n) is 18.3. The summed E-state index contributed by atoms with van der Waals surface area (Å²) in [5.41, 5.74) is 3.26. The molecule has 0 bridgehead atoms. The molecule has 31 heavy (non-hydrogen) atoms. The Kier molecular flexibility index (Phi) is 8.85. The maximum Gasteiger partial charge on any atom is 0.242 e. The second-order valence-electron chi connectivity index (χ2n) is 8.30. The van der Waals surface area contributed by atoms with Crippen LogP contribution in [0, 0.1) is 6.92 Å². The summed E-state index contributed by atoms with van der Waals surface area (Å²) >= 11 is 7.60. The molecule has 0 unspecified atom stereocenters. The third-order valence-corrected chi connectivity index (χ3v) is 6.91. The molecule has 2 aromatic rings. The van der Waals surface area contributed by atoms with Crippen molar-refractivity contribution >= 4 is 35.2 Å². The molecule has 4 nitrogen and oxygen atoms in total. The Hall–Kier alpha value is -1.98. The normalized spacial score (nSPS) is 14.9. The molecule has 3 rings (SSSR count). The first-order chi connectivity index (χ1) is 14.9. The number of nitrogens with zero attached hydrogens (tertiary/aromatic N) is 1. The zero-order valence-corrected chi connectivity index (χ0v) is 19.8. The van der Waals surface area contributed by atoms with Crippen LogP contribution in [0.2, 0.25) is 5.02 Å². The van der Waals surface area contributed by atoms with E-state index in [-0.39, 0.29) is 17.9 Å². The van der Waals surface area contributed by atoms with Crippen molar-refractivity contribution in [2.75, 3.05) is 5.75 Å². The van der Waals surface area contributed by atoms with Gasteiger partial charge in [-0.25, -0.2) is 0 Å². The molecule has 166 valence electrons. The number of rotatable bonds is 9. The van der Waals surface area contributed by atoms with Gasteiger partial charge in [-0.1, -0.05) is 66.4 Å². The lowest BCUT2D eigenvalue weighted by Gasteiger charge is -2.30. The minimum absolute atomic E-state index is 0.0254. The second-order valence-corrected chi connectivity index (χ2v) is 9.72. The number of halogens is 1. The molecular formula is C25H31ClN2O2S. The minimum atomic E-state index is -0.514. The summed E-state index contributed by atoms with van der Waals surface area (Å²) in [5.74, 6) is 0.933. The molecule has 2 amide bonds. The molecule has 1 saturated carbocycles. The maximum atomic E-state index is 13.2. The fraction of sp³-hybridized carbons (Fsp3) is 0.440. The van der Waals surface area contributed by atoms with Crippen LogP contribution in [0.25, 0.3) is 0 Å². The molecule has 6 heteroatoms. The Balaban J connectivity index is 1.65. The van der Waals surface area contributed by atoms with Crippen molar-refractivity contribution in [3.8, 4) is 0 Å². The Labute approximate surface area is 194 Å². The van der Waals surface area contributed by atoms with Crippen LogP contribution in [0.3, 0.4) is 0 Å². The molecule has 1 atom stereocenters. The van der Waals surface area contributed by atoms with Crippen LogP contribution in [0.15, 0.2) is 48.5 Å². The fourth-order valence-corrected chi connectivity index (χ4v) is 5.02. The van der Waals surface area contributed by atoms with Crippen molar-refractivity contribution < 1.29 is 9.59 Å². The summed E-state index contributed by atoms with van der Waals surface area (Å²) in [6.45, 7) is 4.30. The highest BCUT2D eigenvalue weighted by Crippen LogP contribution is 2.20. The number of carbonyl (C=O) groups excluding carboxylic acids is 2. The number of amides is 2. The summed E-state index contributed by atoms with van der Waals surface area (Å²) in [7, 11) is 0. The standard InChI is InChI=1S/C25H31ClN2O2S/c1-18-7-5-8-20(13-18)15-28(19(2)25(30)27-23-11-3-4-12-23)24(29)17-31-16-21-9-6-10-22(26)14-21/h5-10,13-14,19,23H,3-4,11-12,15-17H2,1-2H3,(H,27,30)/t19-/m1/s1. The van der Waals surface area contributed by atoms with E-state index < -0.39 is 6.04 Å². The summed E-state index contributed by atoms with van der Waals surface area (Å²) in [5, 5.41) is 3.84. The van der Waals surface area contributed by atoms with Crippen LogP contribution in [0.5, 0.6) is 0 Å². The van der Waals surface area contributed by atoms with Crippen LogP contribution < -0.4 is 5.32 Å². The number of hydrogen-bond donors (Lipinski definition) is 1. The smallest absolute Gasteiger partial charge is 0.242 e. The second kappa shape index (κ2) is 11.6. The van der Waals surface area contributed by atoms with Gasteiger partial charge in [0.05, 0.1) is 5.75 Å². The number of thioether (sulfide) groups is 1. The molecule has 2 aromatic carbocycles. The van der Waals surface area contributed by atoms with Gasteiger partial charge in [-0.3, -0.25) is 9.59 Å². The number of benzene rings is 2. The van der Waals surface area contributed by atoms with Gasteiger partial charge in [-0.2, -0.15) is 0 Å². The highest BCUT2D eigenvalue weighted by atomic mass is 35.5. The Bertz CT molecular complexity index is 899. The zero-order chi connectivity index (χ0) is 22.2. The van der Waals surface area contributed by atoms with Gasteiger partial charge in [0.1, 0.15) is 6.04 Å². The molecule has 0 aliphatic heterocycles. The van der Waals surface area contributed by atoms with Gasteiger partial charge in [-0.15, -0.1) is 11.8 Å². The summed E-state index contributed by atoms with van der Waals surface area (Å²) in [6, 6.07) is 15.5. The van der Waals surface area contributed by atoms with Gasteiger partial charge in [0.15, 0.2) is 0 Å². The lowest BCUT2D eigenvalue weighted by Crippen LogP contribution is -2.50. The number of carbonyl (C=O) groups is 2. The molecule has 1 N–H and O–H groups in total. The summed E-state index contributed by atoms with van der Waals surface area (Å²) < 4.78 is 0. The van der Waals surface area contributed by atoms with Gasteiger partial charge < -0.3 is 10.2 Å². The highest BCUT2D eigenvalue weighted by Gasteiger charge is 2.28. The predicted molar refractivity (Wildman–Crippen MR) is 129 cm³/mol. The number of aryl methyl sites for hydroxylation is 1. The largest absolute Gasteiger partial charge is 0.352 e. The molecule has 0 spiro atoms. The van der Waals surface area contributed by atoms with E-state index in [2.05, 4.69) is 11.4 Å². The predicted octanol–water partition coefficient (Wildman–Crippen LogP) is 5.36. The average molecular weight is 459 g/mol. The van der Waals surface area contributed by atoms with Crippen LogP contribution in [0.4, 0.5) is 0 Å². The van der Waals surface area contributed by atoms with Gasteiger partial charge in [0, 0.05) is 23.4 Å². The van der Waals surface area contributed by atoms with Crippen molar-refractivity contribution in [1.82, 2.24) is 10.2 Å². The molecular weight excluding hydrogens is 428 g/mol. The van der Waals surface area contributed by atoms with Crippen molar-refractivity contribution in [3.05, 3.63) is 70.2 Å². The summed E-state index contributed by atoms with van der Waals surface area (Å²) in [6.07, 6.45) is 4.37. The number of nitrogens with one attached hydrogen (secondary N) is 1. The third kappa shape index (κ3) is 7.29. The van der Waals surface area contributed by atoms with E-state index in [1.54, 1.807) is 16.7 Å². The van der Waals surface area contributed by atoms with Crippen molar-refractivity contribution in [3.63, 3.8) is 0 Å². The van der Waals surface area contributed by atoms with E-state index in [1.807, 2.05) is 56.3 Å². The van der Waals surface area contributed by atoms with Crippen LogP contribution in [-0.2, 0) is 21.9 Å². The third-order valence-electron chi connectivity index (χ3n) is 5.69. The van der Waals surface area contributed by atoms with E-state index in [4.69, 9.17) is 11.6 Å². The maximum absolute atomic E-state index is 13.2. The first-order valence-electron chi connectivity index (χ1n) is 10.9. The average Bonchev–Trinajstić information content (AvgIpc) is 3.24. The molecule has 0 aromatic heterocycles. The van der Waals surface area contributed by atoms with E-state index in [0.29, 0.717) is 23.1 Å². The first kappa shape index (κ1) is 23.7. The van der Waals surface area contributed by atoms with E-state index in [0.717, 1.165) is 42.4 Å². The Morgan fingerprint density at radius 3 is 2.55 bits per heavy atom. The number of hydrogen-bond acceptors (Lipinski definition) is 3. The van der Waals surface area contributed by atoms with Crippen LogP contribution >= 0.6 is 23.4 Å². The Morgan fingerprint density at radius 2 is 1.84 bits per heavy atom. The van der Waals surface area contributed by atoms with Gasteiger partial charge in [0.25, 0.3) is 0 Å². The van der Waals surface area contributed by atoms with Crippen molar-refractivity contribution in [1.29, 1.82) is 0 Å². The molecule has 1 aliphatic carbocycles.